The van der Waals surface area contributed by atoms with E-state index in [1.165, 1.54) is 0 Å². The third-order valence-electron chi connectivity index (χ3n) is 10.4. The van der Waals surface area contributed by atoms with Gasteiger partial charge in [0.25, 0.3) is 0 Å². The molecule has 8 rings (SSSR count). The van der Waals surface area contributed by atoms with Crippen molar-refractivity contribution in [1.29, 1.82) is 0 Å². The van der Waals surface area contributed by atoms with Gasteiger partial charge in [-0.15, -0.1) is 29.3 Å². The predicted molar refractivity (Wildman–Crippen MR) is 247 cm³/mol. The van der Waals surface area contributed by atoms with E-state index in [0.29, 0.717) is 50.4 Å². The molecule has 0 saturated heterocycles. The summed E-state index contributed by atoms with van der Waals surface area (Å²) in [7, 11) is 0. The van der Waals surface area contributed by atoms with Crippen LogP contribution in [0.2, 0.25) is 0 Å². The minimum absolute atomic E-state index is 0. The molecule has 0 amide bonds. The zero-order chi connectivity index (χ0) is 56.3. The fraction of sp³-hybridized carbons (Fsp3) is 0.236. The number of phenolic OH excluding ortho intramolecular Hbond substituents is 1. The van der Waals surface area contributed by atoms with Crippen molar-refractivity contribution >= 4 is 11.0 Å². The molecule has 8 aromatic rings. The Morgan fingerprint density at radius 3 is 2.05 bits per heavy atom. The first kappa shape index (κ1) is 25.9. The molecule has 1 N–H and O–H groups in total. The predicted octanol–water partition coefficient (Wildman–Crippen LogP) is 14.5. The number of fused-ring (bicyclic) bond motifs is 1. The summed E-state index contributed by atoms with van der Waals surface area (Å²) in [5, 5.41) is 12.0. The summed E-state index contributed by atoms with van der Waals surface area (Å²) in [6.07, 6.45) is -0.758. The summed E-state index contributed by atoms with van der Waals surface area (Å²) in [6, 6.07) is 25.2. The molecule has 0 radical (unpaired) electrons. The van der Waals surface area contributed by atoms with Gasteiger partial charge >= 0.3 is 0 Å². The first-order chi connectivity index (χ1) is 35.0. The van der Waals surface area contributed by atoms with Crippen LogP contribution in [-0.4, -0.2) is 19.6 Å². The molecule has 0 spiro atoms. The number of rotatable bonds is 6. The van der Waals surface area contributed by atoms with E-state index in [1.807, 2.05) is 105 Å². The average molecular weight is 985 g/mol. The average Bonchev–Trinajstić information content (AvgIpc) is 3.72. The third kappa shape index (κ3) is 8.28. The Balaban J connectivity index is 0.00000861. The summed E-state index contributed by atoms with van der Waals surface area (Å²) >= 11 is 0. The Labute approximate surface area is 394 Å². The largest absolute Gasteiger partial charge is 0.507 e. The summed E-state index contributed by atoms with van der Waals surface area (Å²) < 4.78 is 149. The molecule has 2 aromatic heterocycles. The molecular weight excluding hydrogens is 914 g/mol. The van der Waals surface area contributed by atoms with Gasteiger partial charge in [0.05, 0.1) is 33.3 Å². The van der Waals surface area contributed by atoms with E-state index < -0.39 is 90.5 Å². The second-order valence-electron chi connectivity index (χ2n) is 16.8. The number of aryl methyl sites for hydroxylation is 1. The number of para-hydroxylation sites is 2. The number of hydrogen-bond donors (Lipinski definition) is 1. The molecule has 0 aliphatic carbocycles. The maximum atomic E-state index is 12.0. The molecule has 0 unspecified atom stereocenters. The molecule has 0 atom stereocenters. The first-order valence-electron chi connectivity index (χ1n) is 27.7. The number of imidazole rings is 1. The maximum absolute atomic E-state index is 12.0. The molecule has 0 fully saturated rings. The molecule has 0 saturated carbocycles. The quantitative estimate of drug-likeness (QED) is 0.169. The van der Waals surface area contributed by atoms with Crippen LogP contribution >= 0.6 is 0 Å². The fourth-order valence-corrected chi connectivity index (χ4v) is 7.06. The minimum Gasteiger partial charge on any atom is -0.507 e. The van der Waals surface area contributed by atoms with Gasteiger partial charge < -0.3 is 5.11 Å². The van der Waals surface area contributed by atoms with Crippen molar-refractivity contribution in [3.63, 3.8) is 0 Å². The van der Waals surface area contributed by atoms with Crippen molar-refractivity contribution in [2.75, 3.05) is 0 Å². The van der Waals surface area contributed by atoms with Gasteiger partial charge in [0.2, 0.25) is 0 Å². The maximum Gasteiger partial charge on any atom is 0.148 e. The molecule has 0 bridgehead atoms. The zero-order valence-corrected chi connectivity index (χ0v) is 36.5. The van der Waals surface area contributed by atoms with Crippen molar-refractivity contribution in [3.8, 4) is 67.5 Å². The second-order valence-corrected chi connectivity index (χ2v) is 16.8. The summed E-state index contributed by atoms with van der Waals surface area (Å²) in [5.41, 5.74) is -0.846. The number of pyridine rings is 1. The van der Waals surface area contributed by atoms with E-state index in [1.54, 1.807) is 18.2 Å². The van der Waals surface area contributed by atoms with Crippen LogP contribution in [-0.2, 0) is 37.3 Å². The van der Waals surface area contributed by atoms with Crippen LogP contribution in [0.4, 0.5) is 0 Å². The molecule has 6 aromatic carbocycles. The van der Waals surface area contributed by atoms with E-state index >= 15 is 0 Å². The molecule has 60 heavy (non-hydrogen) atoms. The molecule has 0 aliphatic rings. The first-order valence-corrected chi connectivity index (χ1v) is 19.2. The standard InChI is InChI=1S/C55H54N3O.Pt/c1-35-29-42(54(5,6)7)34-46(51(35)59)52-57-50-45(20-16-22-49(50)58(52)48-21-15-14-19-44(48)37-17-12-11-13-18-37)39-30-40(32-43(31-39)55(8,9)10)47-33-38(27-28-56-47)36-23-25-41(26-24-36)53(2,3)4;/h11-29,31-34,59H,1-10H3;/q-1;/i2D3,3D3,4D3,14D,23D,24D,25D,26D,27D,28D,33D;. The number of benzene rings is 6. The van der Waals surface area contributed by atoms with E-state index in [9.17, 15) is 6.48 Å². The Morgan fingerprint density at radius 1 is 0.650 bits per heavy atom. The fourth-order valence-electron chi connectivity index (χ4n) is 7.06. The molecule has 0 aliphatic heterocycles. The van der Waals surface area contributed by atoms with Crippen molar-refractivity contribution in [2.45, 2.75) is 85.3 Å². The van der Waals surface area contributed by atoms with Crippen LogP contribution in [0.5, 0.6) is 5.75 Å². The molecule has 2 heterocycles. The summed E-state index contributed by atoms with van der Waals surface area (Å²) in [6.45, 7) is 2.11. The number of hydrogen-bond acceptors (Lipinski definition) is 3. The number of nitrogens with zero attached hydrogens (tertiary/aromatic N) is 3. The zero-order valence-electron chi connectivity index (χ0n) is 51.3. The van der Waals surface area contributed by atoms with E-state index in [4.69, 9.17) is 26.9 Å². The molecule has 5 heteroatoms. The van der Waals surface area contributed by atoms with Crippen molar-refractivity contribution in [2.24, 2.45) is 0 Å². The second kappa shape index (κ2) is 16.1. The van der Waals surface area contributed by atoms with E-state index in [2.05, 4.69) is 31.8 Å². The summed E-state index contributed by atoms with van der Waals surface area (Å²) in [5.74, 6) is 0.408. The van der Waals surface area contributed by atoms with Gasteiger partial charge in [-0.2, -0.15) is 0 Å². The third-order valence-corrected chi connectivity index (χ3v) is 10.4. The van der Waals surface area contributed by atoms with Crippen LogP contribution in [0.1, 0.15) is 108 Å². The monoisotopic (exact) mass is 984 g/mol. The van der Waals surface area contributed by atoms with Gasteiger partial charge in [0.15, 0.2) is 0 Å². The Bertz CT molecular complexity index is 3580. The van der Waals surface area contributed by atoms with Crippen molar-refractivity contribution in [1.82, 2.24) is 14.5 Å². The topological polar surface area (TPSA) is 50.9 Å². The minimum atomic E-state index is -3.93. The van der Waals surface area contributed by atoms with E-state index in [0.717, 1.165) is 16.7 Å². The normalized spacial score (nSPS) is 16.8. The Morgan fingerprint density at radius 2 is 1.35 bits per heavy atom. The van der Waals surface area contributed by atoms with Gasteiger partial charge in [-0.1, -0.05) is 170 Å². The smallest absolute Gasteiger partial charge is 0.148 e. The number of aromatic nitrogens is 3. The number of phenols is 1. The molecular formula is C55H54N3OPt-. The molecule has 306 valence electrons. The van der Waals surface area contributed by atoms with Gasteiger partial charge in [-0.3, -0.25) is 9.55 Å². The van der Waals surface area contributed by atoms with Crippen LogP contribution in [0.15, 0.2) is 139 Å². The molecule has 4 nitrogen and oxygen atoms in total. The van der Waals surface area contributed by atoms with E-state index in [-0.39, 0.29) is 49.5 Å². The van der Waals surface area contributed by atoms with Gasteiger partial charge in [0, 0.05) is 50.8 Å². The van der Waals surface area contributed by atoms with Crippen molar-refractivity contribution < 1.29 is 49.5 Å². The van der Waals surface area contributed by atoms with Crippen LogP contribution in [0, 0.1) is 13.0 Å². The van der Waals surface area contributed by atoms with Gasteiger partial charge in [-0.25, -0.2) is 4.98 Å². The van der Waals surface area contributed by atoms with Gasteiger partial charge in [0.1, 0.15) is 11.6 Å². The van der Waals surface area contributed by atoms with Crippen LogP contribution in [0.25, 0.3) is 72.7 Å². The Kier molecular flexibility index (Phi) is 6.97. The van der Waals surface area contributed by atoms with Crippen LogP contribution in [0.3, 0.4) is 0 Å². The van der Waals surface area contributed by atoms with Gasteiger partial charge in [-0.05, 0) is 80.8 Å². The van der Waals surface area contributed by atoms with Crippen LogP contribution < -0.4 is 0 Å². The van der Waals surface area contributed by atoms with Crippen molar-refractivity contribution in [3.05, 3.63) is 168 Å². The SMILES string of the molecule is [2H]c1ccc(-n2c(-c3cc(C(C)(C)C)cc(C)c3O)nc3c(-c4[c-]c(-c5nc([2H])c([2H])c(-c6c([2H])c([2H])c(C(C([2H])([2H])[2H])(C([2H])([2H])[2H])C([2H])([2H])[2H])c([2H])c6[2H])c5[2H])cc(C(C)(C)C)c4)cccc32)c(-c2ccccc2)c1.[Pt]. The Hall–Kier alpha value is -5.57. The summed E-state index contributed by atoms with van der Waals surface area (Å²) in [4.78, 5) is 9.71. The number of aromatic hydroxyl groups is 1.